The first kappa shape index (κ1) is 41.6. The zero-order valence-corrected chi connectivity index (χ0v) is 30.8. The van der Waals surface area contributed by atoms with E-state index in [2.05, 4.69) is 35.4 Å². The highest BCUT2D eigenvalue weighted by Gasteiger charge is 2.58. The van der Waals surface area contributed by atoms with E-state index in [1.165, 1.54) is 26.2 Å². The average Bonchev–Trinajstić information content (AvgIpc) is 3.56. The van der Waals surface area contributed by atoms with Crippen LogP contribution < -0.4 is 42.3 Å². The summed E-state index contributed by atoms with van der Waals surface area (Å²) < 4.78 is 41.8. The van der Waals surface area contributed by atoms with Gasteiger partial charge in [0.05, 0.1) is 31.3 Å². The van der Waals surface area contributed by atoms with Crippen molar-refractivity contribution in [2.24, 2.45) is 10.9 Å². The summed E-state index contributed by atoms with van der Waals surface area (Å²) in [4.78, 5) is 60.0. The molecule has 1 fully saturated rings. The van der Waals surface area contributed by atoms with Gasteiger partial charge in [0, 0.05) is 24.3 Å². The Labute approximate surface area is 312 Å². The minimum atomic E-state index is -5.03. The Morgan fingerprint density at radius 1 is 1.39 bits per heavy atom. The van der Waals surface area contributed by atoms with Crippen molar-refractivity contribution in [3.05, 3.63) is 40.4 Å². The molecule has 0 saturated carbocycles. The van der Waals surface area contributed by atoms with Crippen LogP contribution >= 0.6 is 11.3 Å². The number of nitrogens with one attached hydrogen (secondary N) is 4. The van der Waals surface area contributed by atoms with Crippen molar-refractivity contribution in [3.63, 3.8) is 0 Å². The second-order valence-corrected chi connectivity index (χ2v) is 14.8. The molecule has 54 heavy (non-hydrogen) atoms. The lowest BCUT2D eigenvalue weighted by atomic mass is 9.84. The van der Waals surface area contributed by atoms with Crippen LogP contribution in [0.1, 0.15) is 49.9 Å². The summed E-state index contributed by atoms with van der Waals surface area (Å²) in [6.45, 7) is 5.21. The predicted octanol–water partition coefficient (Wildman–Crippen LogP) is -5.08. The lowest BCUT2D eigenvalue weighted by Gasteiger charge is -2.50. The number of hydrogen-bond donors (Lipinski definition) is 9. The number of aliphatic hydroxyl groups excluding tert-OH is 1. The molecule has 1 aromatic heterocycles. The van der Waals surface area contributed by atoms with E-state index in [0.717, 1.165) is 22.5 Å². The van der Waals surface area contributed by atoms with E-state index in [4.69, 9.17) is 35.5 Å². The maximum atomic E-state index is 13.5. The number of amides is 2. The van der Waals surface area contributed by atoms with Gasteiger partial charge >= 0.3 is 22.3 Å². The standard InChI is InChI=1S/C29H39N9O11S2.CH2O2/c1-28(2)22(24(41)38(28)49-51(44,45)46)36-23(40)21(18-13-50-26(31)35-18)37-48-29(3,25(42)43)20-7-5-15-8-14(4-6-19(15)47-20)16-10-32-27(33-11-16)34-12-17(39)9-30;2-1-3/h4,6,8,13,16-17,20,22,39H,5,7,9-12,30H2,1-3H3,(H2,31,35)(H,36,40)(H,42,43)(H2,32,33,34)(H,44,45,46);1H,(H,2,3)/b37-21+;/t17-,20-,22-,29+;/m1./s1. The molecule has 1 unspecified atom stereocenters. The van der Waals surface area contributed by atoms with Gasteiger partial charge in [0.25, 0.3) is 17.4 Å². The van der Waals surface area contributed by atoms with Crippen LogP contribution in [0, 0.1) is 0 Å². The fraction of sp³-hybridized carbons (Fsp3) is 0.500. The minimum Gasteiger partial charge on any atom is -0.554 e. The van der Waals surface area contributed by atoms with Crippen molar-refractivity contribution in [2.45, 2.75) is 68.9 Å². The highest BCUT2D eigenvalue weighted by atomic mass is 32.3. The second kappa shape index (κ2) is 16.9. The maximum Gasteiger partial charge on any atom is 0.418 e. The monoisotopic (exact) mass is 799 g/mol. The topological polar surface area (TPSA) is 344 Å². The molecule has 11 N–H and O–H groups in total. The number of thiazole rings is 1. The van der Waals surface area contributed by atoms with E-state index in [9.17, 15) is 33.0 Å². The summed E-state index contributed by atoms with van der Waals surface area (Å²) in [7, 11) is -5.03. The maximum absolute atomic E-state index is 13.5. The van der Waals surface area contributed by atoms with Gasteiger partial charge in [-0.15, -0.1) is 15.6 Å². The molecule has 0 aliphatic carbocycles. The third kappa shape index (κ3) is 9.50. The first-order chi connectivity index (χ1) is 25.3. The molecule has 5 atom stereocenters. The zero-order chi connectivity index (χ0) is 40.0. The molecule has 1 saturated heterocycles. The first-order valence-corrected chi connectivity index (χ1v) is 18.4. The third-order valence-corrected chi connectivity index (χ3v) is 9.82. The van der Waals surface area contributed by atoms with Gasteiger partial charge in [0.1, 0.15) is 17.5 Å². The Bertz CT molecular complexity index is 1910. The van der Waals surface area contributed by atoms with Gasteiger partial charge < -0.3 is 46.5 Å². The zero-order valence-electron chi connectivity index (χ0n) is 29.2. The summed E-state index contributed by atoms with van der Waals surface area (Å²) in [5.74, 6) is -2.16. The number of nitrogens with two attached hydrogens (primary N) is 2. The lowest BCUT2D eigenvalue weighted by Crippen LogP contribution is -2.84. The normalized spacial score (nSPS) is 22.2. The second-order valence-electron chi connectivity index (χ2n) is 12.9. The van der Waals surface area contributed by atoms with E-state index in [1.807, 2.05) is 12.1 Å². The van der Waals surface area contributed by atoms with Crippen molar-refractivity contribution in [1.82, 2.24) is 26.0 Å². The van der Waals surface area contributed by atoms with Crippen LogP contribution in [-0.4, -0.2) is 125 Å². The number of oxime groups is 1. The number of aromatic nitrogens is 1. The average molecular weight is 800 g/mol. The Kier molecular flexibility index (Phi) is 13.0. The van der Waals surface area contributed by atoms with Gasteiger partial charge in [-0.25, -0.2) is 9.78 Å². The number of anilines is 1. The summed E-state index contributed by atoms with van der Waals surface area (Å²) >= 11 is 0.965. The lowest BCUT2D eigenvalue weighted by molar-refractivity contribution is -0.470. The molecule has 0 spiro atoms. The quantitative estimate of drug-likeness (QED) is 0.0301. The smallest absolute Gasteiger partial charge is 0.418 e. The van der Waals surface area contributed by atoms with Gasteiger partial charge in [-0.2, -0.15) is 13.5 Å². The fourth-order valence-corrected chi connectivity index (χ4v) is 6.70. The van der Waals surface area contributed by atoms with Crippen LogP contribution in [0.5, 0.6) is 5.75 Å². The number of aliphatic hydroxyl groups is 1. The van der Waals surface area contributed by atoms with E-state index in [-0.39, 0.29) is 29.7 Å². The van der Waals surface area contributed by atoms with E-state index in [0.29, 0.717) is 42.8 Å². The Balaban J connectivity index is 0.00000209. The number of nitrogens with zero attached hydrogens (tertiary/aromatic N) is 3. The number of nitrogen functional groups attached to an aromatic ring is 1. The highest BCUT2D eigenvalue weighted by Crippen LogP contribution is 2.36. The van der Waals surface area contributed by atoms with E-state index < -0.39 is 69.8 Å². The SMILES string of the molecule is CC1(C)[C@H](NC(=O)/C(=N/O[C@](C)(C(=O)O)[C@H]2CCc3cc(C4CNC(NC[C@H](O)CN)=[NH+]C4)ccc3O2)c2csc(N)n2)C(=O)N1OS(=O)(=O)O.O=C[O-]. The number of β-lactam (4-membered cyclic amide) rings is 1. The molecule has 296 valence electrons. The molecule has 22 nitrogen and oxygen atoms in total. The Morgan fingerprint density at radius 3 is 2.65 bits per heavy atom. The first-order valence-electron chi connectivity index (χ1n) is 16.2. The summed E-state index contributed by atoms with van der Waals surface area (Å²) in [6, 6.07) is 4.33. The van der Waals surface area contributed by atoms with Crippen LogP contribution in [0.15, 0.2) is 28.7 Å². The molecule has 3 aliphatic rings. The molecule has 3 aliphatic heterocycles. The van der Waals surface area contributed by atoms with Gasteiger partial charge in [0.2, 0.25) is 0 Å². The van der Waals surface area contributed by atoms with Crippen molar-refractivity contribution in [1.29, 1.82) is 0 Å². The number of rotatable bonds is 13. The van der Waals surface area contributed by atoms with E-state index >= 15 is 0 Å². The van der Waals surface area contributed by atoms with Crippen LogP contribution in [0.4, 0.5) is 5.13 Å². The molecule has 5 rings (SSSR count). The van der Waals surface area contributed by atoms with Gasteiger partial charge in [-0.3, -0.25) is 29.8 Å². The van der Waals surface area contributed by atoms with Crippen LogP contribution in [0.25, 0.3) is 0 Å². The van der Waals surface area contributed by atoms with Gasteiger partial charge in [-0.1, -0.05) is 17.3 Å². The highest BCUT2D eigenvalue weighted by molar-refractivity contribution is 7.80. The number of guanidine groups is 1. The molecule has 4 heterocycles. The fourth-order valence-electron chi connectivity index (χ4n) is 5.70. The largest absolute Gasteiger partial charge is 0.554 e. The number of benzene rings is 1. The third-order valence-electron chi connectivity index (χ3n) is 8.80. The van der Waals surface area contributed by atoms with Crippen LogP contribution in [-0.2, 0) is 45.1 Å². The number of ether oxygens (including phenoxy) is 1. The number of hydrogen-bond acceptors (Lipinski definition) is 18. The van der Waals surface area contributed by atoms with Gasteiger partial charge in [0.15, 0.2) is 16.9 Å². The molecular formula is C30H41N9O13S2. The molecule has 1 aromatic carbocycles. The molecule has 24 heteroatoms. The number of aryl methyl sites for hydroxylation is 1. The van der Waals surface area contributed by atoms with Crippen LogP contribution in [0.3, 0.4) is 0 Å². The predicted molar refractivity (Wildman–Crippen MR) is 186 cm³/mol. The number of carbonyl (C=O) groups is 4. The minimum absolute atomic E-state index is 0.0586. The molecule has 0 bridgehead atoms. The summed E-state index contributed by atoms with van der Waals surface area (Å²) in [5.41, 5.74) is 8.98. The molecule has 2 amide bonds. The number of carboxylic acids is 1. The van der Waals surface area contributed by atoms with Crippen LogP contribution in [0.2, 0.25) is 0 Å². The molecule has 2 aromatic rings. The Morgan fingerprint density at radius 2 is 2.09 bits per heavy atom. The molecular weight excluding hydrogens is 759 g/mol. The van der Waals surface area contributed by atoms with Crippen molar-refractivity contribution >= 4 is 62.8 Å². The van der Waals surface area contributed by atoms with Gasteiger partial charge in [-0.05, 0) is 50.8 Å². The van der Waals surface area contributed by atoms with Crippen molar-refractivity contribution < 1.29 is 66.3 Å². The number of aliphatic carboxylic acids is 1. The van der Waals surface area contributed by atoms with Crippen molar-refractivity contribution in [3.8, 4) is 5.75 Å². The Hall–Kier alpha value is -5.14. The number of fused-ring (bicyclic) bond motifs is 1. The summed E-state index contributed by atoms with van der Waals surface area (Å²) in [5, 5.41) is 42.7. The number of carboxylic acid groups (broad SMARTS) is 2. The van der Waals surface area contributed by atoms with E-state index in [1.54, 1.807) is 6.07 Å². The summed E-state index contributed by atoms with van der Waals surface area (Å²) in [6.07, 6.45) is -1.04. The number of hydroxylamine groups is 2. The van der Waals surface area contributed by atoms with Crippen molar-refractivity contribution in [2.75, 3.05) is 31.9 Å². The number of carbonyl (C=O) groups excluding carboxylic acids is 3. The molecule has 0 radical (unpaired) electrons.